The molecule has 1 unspecified atom stereocenters. The molecule has 2 atom stereocenters. The van der Waals surface area contributed by atoms with Crippen LogP contribution in [0, 0.1) is 11.6 Å². The van der Waals surface area contributed by atoms with E-state index in [0.717, 1.165) is 6.07 Å². The van der Waals surface area contributed by atoms with Gasteiger partial charge in [-0.25, -0.2) is 8.78 Å². The van der Waals surface area contributed by atoms with Crippen molar-refractivity contribution in [2.24, 2.45) is 0 Å². The van der Waals surface area contributed by atoms with Crippen LogP contribution in [0.25, 0.3) is 10.8 Å². The van der Waals surface area contributed by atoms with E-state index in [1.165, 1.54) is 33.4 Å². The standard InChI is InChI=1S/C23H22F2N2O2/c1-15(18-9-4-7-16-6-2-3-8-19(16)18)26-12-17-13-27(22(28)14-29-17)21-11-5-10-20(24)23(21)25/h2-11,15,17,26H,12-14H2,1H3/t15-,17?/m1/s1. The molecule has 0 saturated carbocycles. The third-order valence-corrected chi connectivity index (χ3v) is 5.29. The molecule has 1 aliphatic rings. The number of hydrogen-bond donors (Lipinski definition) is 1. The Hall–Kier alpha value is -2.83. The first-order valence-corrected chi connectivity index (χ1v) is 9.61. The summed E-state index contributed by atoms with van der Waals surface area (Å²) in [4.78, 5) is 13.5. The van der Waals surface area contributed by atoms with Gasteiger partial charge in [-0.05, 0) is 35.4 Å². The lowest BCUT2D eigenvalue weighted by Crippen LogP contribution is -2.50. The highest BCUT2D eigenvalue weighted by atomic mass is 19.2. The largest absolute Gasteiger partial charge is 0.365 e. The second-order valence-electron chi connectivity index (χ2n) is 7.21. The van der Waals surface area contributed by atoms with Gasteiger partial charge in [0.05, 0.1) is 18.3 Å². The van der Waals surface area contributed by atoms with Crippen LogP contribution in [0.2, 0.25) is 0 Å². The van der Waals surface area contributed by atoms with Crippen molar-refractivity contribution in [1.82, 2.24) is 5.32 Å². The SMILES string of the molecule is C[C@@H](NCC1CN(c2cccc(F)c2F)C(=O)CO1)c1cccc2ccccc12. The molecule has 1 fully saturated rings. The van der Waals surface area contributed by atoms with Gasteiger partial charge in [-0.1, -0.05) is 48.5 Å². The molecule has 1 aliphatic heterocycles. The Labute approximate surface area is 168 Å². The summed E-state index contributed by atoms with van der Waals surface area (Å²) >= 11 is 0. The molecular weight excluding hydrogens is 374 g/mol. The van der Waals surface area contributed by atoms with Crippen molar-refractivity contribution in [3.63, 3.8) is 0 Å². The number of ether oxygens (including phenoxy) is 1. The maximum atomic E-state index is 14.1. The number of morpholine rings is 1. The van der Waals surface area contributed by atoms with Crippen molar-refractivity contribution >= 4 is 22.4 Å². The third kappa shape index (κ3) is 3.99. The summed E-state index contributed by atoms with van der Waals surface area (Å²) < 4.78 is 33.3. The molecule has 6 heteroatoms. The van der Waals surface area contributed by atoms with Gasteiger partial charge in [-0.2, -0.15) is 0 Å². The number of nitrogens with one attached hydrogen (secondary N) is 1. The number of carbonyl (C=O) groups is 1. The lowest BCUT2D eigenvalue weighted by Gasteiger charge is -2.33. The fraction of sp³-hybridized carbons (Fsp3) is 0.261. The van der Waals surface area contributed by atoms with Crippen LogP contribution in [0.5, 0.6) is 0 Å². The van der Waals surface area contributed by atoms with Crippen molar-refractivity contribution in [2.45, 2.75) is 19.1 Å². The number of fused-ring (bicyclic) bond motifs is 1. The number of anilines is 1. The second-order valence-corrected chi connectivity index (χ2v) is 7.21. The van der Waals surface area contributed by atoms with Crippen LogP contribution in [0.3, 0.4) is 0 Å². The minimum absolute atomic E-state index is 0.0506. The lowest BCUT2D eigenvalue weighted by molar-refractivity contribution is -0.129. The van der Waals surface area contributed by atoms with Gasteiger partial charge in [0.15, 0.2) is 11.6 Å². The molecule has 0 radical (unpaired) electrons. The molecule has 0 bridgehead atoms. The zero-order valence-electron chi connectivity index (χ0n) is 16.1. The first-order valence-electron chi connectivity index (χ1n) is 9.61. The summed E-state index contributed by atoms with van der Waals surface area (Å²) in [6, 6.07) is 18.3. The van der Waals surface area contributed by atoms with Gasteiger partial charge in [0.2, 0.25) is 0 Å². The van der Waals surface area contributed by atoms with Gasteiger partial charge in [0.1, 0.15) is 6.61 Å². The Morgan fingerprint density at radius 3 is 2.72 bits per heavy atom. The number of carbonyl (C=O) groups excluding carboxylic acids is 1. The van der Waals surface area contributed by atoms with Crippen molar-refractivity contribution in [2.75, 3.05) is 24.6 Å². The van der Waals surface area contributed by atoms with Crippen LogP contribution in [0.4, 0.5) is 14.5 Å². The zero-order chi connectivity index (χ0) is 20.4. The molecule has 3 aromatic carbocycles. The number of nitrogens with zero attached hydrogens (tertiary/aromatic N) is 1. The Kier molecular flexibility index (Phi) is 5.56. The Bertz CT molecular complexity index is 1040. The summed E-state index contributed by atoms with van der Waals surface area (Å²) in [5.74, 6) is -2.37. The Morgan fingerprint density at radius 2 is 1.86 bits per heavy atom. The summed E-state index contributed by atoms with van der Waals surface area (Å²) in [6.07, 6.45) is -0.326. The maximum Gasteiger partial charge on any atom is 0.253 e. The van der Waals surface area contributed by atoms with Crippen LogP contribution in [-0.4, -0.2) is 31.7 Å². The van der Waals surface area contributed by atoms with Gasteiger partial charge in [-0.3, -0.25) is 4.79 Å². The van der Waals surface area contributed by atoms with Crippen molar-refractivity contribution in [3.05, 3.63) is 77.9 Å². The van der Waals surface area contributed by atoms with E-state index in [2.05, 4.69) is 36.5 Å². The van der Waals surface area contributed by atoms with E-state index >= 15 is 0 Å². The first kappa shape index (κ1) is 19.5. The fourth-order valence-corrected chi connectivity index (χ4v) is 3.73. The van der Waals surface area contributed by atoms with Crippen LogP contribution in [-0.2, 0) is 9.53 Å². The molecule has 0 aliphatic carbocycles. The summed E-state index contributed by atoms with van der Waals surface area (Å²) in [5, 5.41) is 5.79. The van der Waals surface area contributed by atoms with Crippen molar-refractivity contribution < 1.29 is 18.3 Å². The van der Waals surface area contributed by atoms with E-state index in [9.17, 15) is 13.6 Å². The third-order valence-electron chi connectivity index (χ3n) is 5.29. The van der Waals surface area contributed by atoms with E-state index in [0.29, 0.717) is 6.54 Å². The number of benzene rings is 3. The molecule has 1 heterocycles. The molecule has 29 heavy (non-hydrogen) atoms. The van der Waals surface area contributed by atoms with Gasteiger partial charge in [-0.15, -0.1) is 0 Å². The van der Waals surface area contributed by atoms with Gasteiger partial charge in [0.25, 0.3) is 5.91 Å². The van der Waals surface area contributed by atoms with Crippen LogP contribution >= 0.6 is 0 Å². The average Bonchev–Trinajstić information content (AvgIpc) is 2.74. The predicted molar refractivity (Wildman–Crippen MR) is 109 cm³/mol. The van der Waals surface area contributed by atoms with E-state index in [-0.39, 0.29) is 36.9 Å². The fourth-order valence-electron chi connectivity index (χ4n) is 3.73. The molecule has 0 aromatic heterocycles. The zero-order valence-corrected chi connectivity index (χ0v) is 16.1. The first-order chi connectivity index (χ1) is 14.0. The minimum atomic E-state index is -1.02. The van der Waals surface area contributed by atoms with Crippen molar-refractivity contribution in [3.8, 4) is 0 Å². The number of hydrogen-bond acceptors (Lipinski definition) is 3. The maximum absolute atomic E-state index is 14.1. The lowest BCUT2D eigenvalue weighted by atomic mass is 9.99. The molecule has 1 amide bonds. The van der Waals surface area contributed by atoms with Crippen LogP contribution < -0.4 is 10.2 Å². The van der Waals surface area contributed by atoms with Gasteiger partial charge >= 0.3 is 0 Å². The highest BCUT2D eigenvalue weighted by molar-refractivity contribution is 5.95. The van der Waals surface area contributed by atoms with Crippen molar-refractivity contribution in [1.29, 1.82) is 0 Å². The predicted octanol–water partition coefficient (Wildman–Crippen LogP) is 4.20. The number of amides is 1. The highest BCUT2D eigenvalue weighted by Gasteiger charge is 2.30. The normalized spacial score (nSPS) is 18.2. The summed E-state index contributed by atoms with van der Waals surface area (Å²) in [7, 11) is 0. The molecule has 1 saturated heterocycles. The average molecular weight is 396 g/mol. The smallest absolute Gasteiger partial charge is 0.253 e. The monoisotopic (exact) mass is 396 g/mol. The van der Waals surface area contributed by atoms with E-state index in [1.54, 1.807) is 0 Å². The van der Waals surface area contributed by atoms with Gasteiger partial charge < -0.3 is 15.0 Å². The molecule has 4 nitrogen and oxygen atoms in total. The molecular formula is C23H22F2N2O2. The number of halogens is 2. The summed E-state index contributed by atoms with van der Waals surface area (Å²) in [5.41, 5.74) is 1.12. The van der Waals surface area contributed by atoms with Crippen LogP contribution in [0.15, 0.2) is 60.7 Å². The molecule has 0 spiro atoms. The van der Waals surface area contributed by atoms with E-state index < -0.39 is 11.6 Å². The second kappa shape index (κ2) is 8.27. The summed E-state index contributed by atoms with van der Waals surface area (Å²) in [6.45, 7) is 2.55. The Morgan fingerprint density at radius 1 is 1.10 bits per heavy atom. The van der Waals surface area contributed by atoms with Crippen LogP contribution in [0.1, 0.15) is 18.5 Å². The minimum Gasteiger partial charge on any atom is -0.365 e. The van der Waals surface area contributed by atoms with E-state index in [1.807, 2.05) is 18.2 Å². The Balaban J connectivity index is 1.46. The highest BCUT2D eigenvalue weighted by Crippen LogP contribution is 2.26. The topological polar surface area (TPSA) is 41.6 Å². The van der Waals surface area contributed by atoms with Gasteiger partial charge in [0, 0.05) is 12.6 Å². The molecule has 3 aromatic rings. The molecule has 150 valence electrons. The molecule has 4 rings (SSSR count). The number of rotatable bonds is 5. The quantitative estimate of drug-likeness (QED) is 0.703. The molecule has 1 N–H and O–H groups in total. The van der Waals surface area contributed by atoms with E-state index in [4.69, 9.17) is 4.74 Å².